The second-order valence-corrected chi connectivity index (χ2v) is 8.62. The summed E-state index contributed by atoms with van der Waals surface area (Å²) in [5.41, 5.74) is 3.94. The zero-order valence-electron chi connectivity index (χ0n) is 17.6. The van der Waals surface area contributed by atoms with Gasteiger partial charge in [-0.2, -0.15) is 0 Å². The molecule has 6 nitrogen and oxygen atoms in total. The number of carbonyl (C=O) groups excluding carboxylic acids is 1. The van der Waals surface area contributed by atoms with Crippen LogP contribution in [0.15, 0.2) is 29.1 Å². The molecule has 2 aliphatic rings. The van der Waals surface area contributed by atoms with Crippen LogP contribution >= 0.6 is 0 Å². The van der Waals surface area contributed by atoms with Gasteiger partial charge in [-0.05, 0) is 39.3 Å². The first-order valence-corrected chi connectivity index (χ1v) is 10.6. The van der Waals surface area contributed by atoms with Crippen LogP contribution in [0.1, 0.15) is 59.8 Å². The average molecular weight is 395 g/mol. The molecule has 1 saturated heterocycles. The number of nitrogens with zero attached hydrogens (tertiary/aromatic N) is 3. The largest absolute Gasteiger partial charge is 0.341 e. The van der Waals surface area contributed by atoms with Crippen LogP contribution in [0.2, 0.25) is 0 Å². The van der Waals surface area contributed by atoms with Crippen molar-refractivity contribution in [3.63, 3.8) is 0 Å². The monoisotopic (exact) mass is 394 g/mol. The van der Waals surface area contributed by atoms with Gasteiger partial charge in [0, 0.05) is 38.5 Å². The lowest BCUT2D eigenvalue weighted by atomic mass is 9.93. The number of hydrogen-bond donors (Lipinski definition) is 1. The highest BCUT2D eigenvalue weighted by Crippen LogP contribution is 2.28. The normalized spacial score (nSPS) is 20.9. The fourth-order valence-electron chi connectivity index (χ4n) is 4.44. The van der Waals surface area contributed by atoms with Gasteiger partial charge >= 0.3 is 0 Å². The number of nitrogens with one attached hydrogen (secondary N) is 1. The first-order valence-electron chi connectivity index (χ1n) is 10.6. The molecule has 1 N–H and O–H groups in total. The van der Waals surface area contributed by atoms with Crippen LogP contribution in [0, 0.1) is 6.92 Å². The van der Waals surface area contributed by atoms with Crippen LogP contribution in [0.4, 0.5) is 0 Å². The SMILES string of the molecule is Cc1ccc([C@H](C)C(=O)N2CCC[C@@H](c3nc4c(c(=O)[nH]3)CN(C)CC4)C2)cc1. The Morgan fingerprint density at radius 3 is 2.76 bits per heavy atom. The van der Waals surface area contributed by atoms with Gasteiger partial charge in [0.25, 0.3) is 5.56 Å². The van der Waals surface area contributed by atoms with Gasteiger partial charge in [-0.1, -0.05) is 29.8 Å². The molecule has 1 fully saturated rings. The van der Waals surface area contributed by atoms with Crippen LogP contribution in [0.25, 0.3) is 0 Å². The van der Waals surface area contributed by atoms with E-state index in [4.69, 9.17) is 4.98 Å². The van der Waals surface area contributed by atoms with Gasteiger partial charge in [0.2, 0.25) is 5.91 Å². The Labute approximate surface area is 172 Å². The van der Waals surface area contributed by atoms with Crippen molar-refractivity contribution in [2.24, 2.45) is 0 Å². The number of benzene rings is 1. The van der Waals surface area contributed by atoms with E-state index in [-0.39, 0.29) is 23.3 Å². The van der Waals surface area contributed by atoms with Crippen LogP contribution in [0.3, 0.4) is 0 Å². The van der Waals surface area contributed by atoms with Crippen LogP contribution in [-0.4, -0.2) is 52.4 Å². The predicted molar refractivity (Wildman–Crippen MR) is 113 cm³/mol. The van der Waals surface area contributed by atoms with E-state index < -0.39 is 0 Å². The number of piperidine rings is 1. The Balaban J connectivity index is 1.51. The Kier molecular flexibility index (Phi) is 5.54. The van der Waals surface area contributed by atoms with E-state index in [9.17, 15) is 9.59 Å². The molecule has 154 valence electrons. The number of aromatic nitrogens is 2. The average Bonchev–Trinajstić information content (AvgIpc) is 2.73. The molecule has 0 aliphatic carbocycles. The molecule has 0 spiro atoms. The number of aromatic amines is 1. The van der Waals surface area contributed by atoms with Crippen molar-refractivity contribution in [1.82, 2.24) is 19.8 Å². The number of amides is 1. The second-order valence-electron chi connectivity index (χ2n) is 8.62. The summed E-state index contributed by atoms with van der Waals surface area (Å²) in [5.74, 6) is 0.829. The number of aryl methyl sites for hydroxylation is 1. The zero-order chi connectivity index (χ0) is 20.5. The molecule has 2 atom stereocenters. The van der Waals surface area contributed by atoms with E-state index in [0.717, 1.165) is 55.0 Å². The molecule has 0 saturated carbocycles. The Morgan fingerprint density at radius 2 is 2.00 bits per heavy atom. The highest BCUT2D eigenvalue weighted by molar-refractivity contribution is 5.83. The van der Waals surface area contributed by atoms with Crippen LogP contribution < -0.4 is 5.56 Å². The standard InChI is InChI=1S/C23H30N4O2/c1-15-6-8-17(9-7-15)16(2)23(29)27-11-4-5-18(13-27)21-24-20-10-12-26(3)14-19(20)22(28)25-21/h6-9,16,18H,4-5,10-14H2,1-3H3,(H,24,25,28)/t16-,18+/m0/s1. The Morgan fingerprint density at radius 1 is 1.24 bits per heavy atom. The van der Waals surface area contributed by atoms with E-state index in [1.165, 1.54) is 5.56 Å². The lowest BCUT2D eigenvalue weighted by Crippen LogP contribution is -2.42. The third-order valence-electron chi connectivity index (χ3n) is 6.35. The van der Waals surface area contributed by atoms with Crippen LogP contribution in [0.5, 0.6) is 0 Å². The van der Waals surface area contributed by atoms with Crippen molar-refractivity contribution in [2.75, 3.05) is 26.7 Å². The van der Waals surface area contributed by atoms with Gasteiger partial charge in [-0.3, -0.25) is 9.59 Å². The summed E-state index contributed by atoms with van der Waals surface area (Å²) >= 11 is 0. The maximum absolute atomic E-state index is 13.1. The van der Waals surface area contributed by atoms with Gasteiger partial charge in [0.1, 0.15) is 5.82 Å². The van der Waals surface area contributed by atoms with E-state index in [1.54, 1.807) is 0 Å². The number of fused-ring (bicyclic) bond motifs is 1. The maximum Gasteiger partial charge on any atom is 0.255 e. The molecule has 0 radical (unpaired) electrons. The summed E-state index contributed by atoms with van der Waals surface area (Å²) in [6, 6.07) is 8.19. The molecule has 1 aromatic carbocycles. The summed E-state index contributed by atoms with van der Waals surface area (Å²) in [5, 5.41) is 0. The van der Waals surface area contributed by atoms with Crippen molar-refractivity contribution >= 4 is 5.91 Å². The van der Waals surface area contributed by atoms with E-state index in [1.807, 2.05) is 31.0 Å². The minimum Gasteiger partial charge on any atom is -0.341 e. The number of likely N-dealkylation sites (N-methyl/N-ethyl adjacent to an activating group) is 1. The van der Waals surface area contributed by atoms with E-state index >= 15 is 0 Å². The summed E-state index contributed by atoms with van der Waals surface area (Å²) in [4.78, 5) is 37.7. The molecule has 6 heteroatoms. The molecule has 29 heavy (non-hydrogen) atoms. The summed E-state index contributed by atoms with van der Waals surface area (Å²) in [6.45, 7) is 7.00. The minimum absolute atomic E-state index is 0.0203. The molecule has 0 bridgehead atoms. The van der Waals surface area contributed by atoms with Crippen LogP contribution in [-0.2, 0) is 17.8 Å². The number of H-pyrrole nitrogens is 1. The van der Waals surface area contributed by atoms with Crippen molar-refractivity contribution in [3.8, 4) is 0 Å². The highest BCUT2D eigenvalue weighted by atomic mass is 16.2. The lowest BCUT2D eigenvalue weighted by molar-refractivity contribution is -0.133. The third-order valence-corrected chi connectivity index (χ3v) is 6.35. The number of carbonyl (C=O) groups is 1. The molecule has 3 heterocycles. The molecule has 1 amide bonds. The fourth-order valence-corrected chi connectivity index (χ4v) is 4.44. The minimum atomic E-state index is -0.166. The maximum atomic E-state index is 13.1. The molecule has 4 rings (SSSR count). The quantitative estimate of drug-likeness (QED) is 0.869. The molecular formula is C23H30N4O2. The van der Waals surface area contributed by atoms with E-state index in [2.05, 4.69) is 28.9 Å². The fraction of sp³-hybridized carbons (Fsp3) is 0.522. The van der Waals surface area contributed by atoms with Gasteiger partial charge in [0.05, 0.1) is 17.2 Å². The summed E-state index contributed by atoms with van der Waals surface area (Å²) < 4.78 is 0. The van der Waals surface area contributed by atoms with Crippen molar-refractivity contribution in [1.29, 1.82) is 0 Å². The van der Waals surface area contributed by atoms with E-state index in [0.29, 0.717) is 13.1 Å². The molecular weight excluding hydrogens is 364 g/mol. The highest BCUT2D eigenvalue weighted by Gasteiger charge is 2.30. The smallest absolute Gasteiger partial charge is 0.255 e. The molecule has 2 aliphatic heterocycles. The zero-order valence-corrected chi connectivity index (χ0v) is 17.6. The first-order chi connectivity index (χ1) is 13.9. The molecule has 0 unspecified atom stereocenters. The van der Waals surface area contributed by atoms with Gasteiger partial charge in [-0.15, -0.1) is 0 Å². The van der Waals surface area contributed by atoms with Gasteiger partial charge < -0.3 is 14.8 Å². The topological polar surface area (TPSA) is 69.3 Å². The second kappa shape index (κ2) is 8.11. The number of rotatable bonds is 3. The predicted octanol–water partition coefficient (Wildman–Crippen LogP) is 2.58. The number of hydrogen-bond acceptors (Lipinski definition) is 4. The Hall–Kier alpha value is -2.47. The molecule has 2 aromatic rings. The number of likely N-dealkylation sites (tertiary alicyclic amines) is 1. The third kappa shape index (κ3) is 4.13. The molecule has 1 aromatic heterocycles. The summed E-state index contributed by atoms with van der Waals surface area (Å²) in [6.07, 6.45) is 2.69. The van der Waals surface area contributed by atoms with Gasteiger partial charge in [0.15, 0.2) is 0 Å². The Bertz CT molecular complexity index is 950. The van der Waals surface area contributed by atoms with Gasteiger partial charge in [-0.25, -0.2) is 4.98 Å². The lowest BCUT2D eigenvalue weighted by Gasteiger charge is -2.34. The van der Waals surface area contributed by atoms with Crippen molar-refractivity contribution < 1.29 is 4.79 Å². The van der Waals surface area contributed by atoms with Crippen molar-refractivity contribution in [2.45, 2.75) is 51.5 Å². The first kappa shape index (κ1) is 19.8. The summed E-state index contributed by atoms with van der Waals surface area (Å²) in [7, 11) is 2.02. The van der Waals surface area contributed by atoms with Crippen molar-refractivity contribution in [3.05, 3.63) is 62.8 Å².